The fourth-order valence-corrected chi connectivity index (χ4v) is 7.29. The predicted molar refractivity (Wildman–Crippen MR) is 147 cm³/mol. The van der Waals surface area contributed by atoms with Crippen molar-refractivity contribution in [2.24, 2.45) is 0 Å². The van der Waals surface area contributed by atoms with Crippen molar-refractivity contribution >= 4 is 50.1 Å². The summed E-state index contributed by atoms with van der Waals surface area (Å²) in [4.78, 5) is 18.6. The molecule has 2 N–H and O–H groups in total. The summed E-state index contributed by atoms with van der Waals surface area (Å²) in [6, 6.07) is 20.3. The van der Waals surface area contributed by atoms with Crippen LogP contribution in [0.2, 0.25) is 5.02 Å². The van der Waals surface area contributed by atoms with Crippen molar-refractivity contribution in [3.05, 3.63) is 93.3 Å². The molecule has 0 saturated heterocycles. The van der Waals surface area contributed by atoms with Crippen molar-refractivity contribution in [1.29, 1.82) is 0 Å². The van der Waals surface area contributed by atoms with E-state index >= 15 is 0 Å². The number of nitrogens with one attached hydrogen (secondary N) is 1. The standard InChI is InChI=1S/C27H24ClN3O3S2/c1-17-6-3-4-9-24(17)36(33,34)31-13-12-20-16-21(10-11-23(20)31)26-18(2)35-27(30-26)29-25(32)15-19-7-5-8-22(28)14-19/h3-11,14,16H,12-13,15H2,1-2H3,(H-,29,30,32,33,34)/p+1. The van der Waals surface area contributed by atoms with Crippen molar-refractivity contribution in [1.82, 2.24) is 4.98 Å². The zero-order valence-corrected chi connectivity index (χ0v) is 22.2. The highest BCUT2D eigenvalue weighted by Crippen LogP contribution is 2.39. The van der Waals surface area contributed by atoms with Crippen LogP contribution in [0.1, 0.15) is 21.6 Å². The van der Waals surface area contributed by atoms with Crippen LogP contribution in [-0.2, 0) is 32.2 Å². The molecule has 4 aromatic rings. The van der Waals surface area contributed by atoms with Gasteiger partial charge in [0.05, 0.1) is 24.3 Å². The lowest BCUT2D eigenvalue weighted by Gasteiger charge is -2.18. The molecule has 0 bridgehead atoms. The molecule has 6 nitrogen and oxygen atoms in total. The van der Waals surface area contributed by atoms with E-state index in [1.165, 1.54) is 11.3 Å². The maximum Gasteiger partial charge on any atom is 0.348 e. The number of aromatic nitrogens is 1. The van der Waals surface area contributed by atoms with Gasteiger partial charge in [-0.2, -0.15) is 8.86 Å². The van der Waals surface area contributed by atoms with Crippen molar-refractivity contribution in [2.45, 2.75) is 31.6 Å². The Kier molecular flexibility index (Phi) is 6.70. The number of benzene rings is 3. The highest BCUT2D eigenvalue weighted by molar-refractivity contribution is 7.99. The molecule has 1 aliphatic rings. The molecule has 3 aromatic carbocycles. The predicted octanol–water partition coefficient (Wildman–Crippen LogP) is 6.57. The summed E-state index contributed by atoms with van der Waals surface area (Å²) in [7, 11) is -3.39. The molecule has 36 heavy (non-hydrogen) atoms. The third kappa shape index (κ3) is 4.82. The number of aryl methyl sites for hydroxylation is 2. The number of hydrogen-bond acceptors (Lipinski definition) is 4. The molecule has 0 aliphatic carbocycles. The lowest BCUT2D eigenvalue weighted by atomic mass is 10.1. The minimum atomic E-state index is -3.39. The van der Waals surface area contributed by atoms with E-state index in [4.69, 9.17) is 11.6 Å². The number of amides is 1. The molecule has 0 radical (unpaired) electrons. The number of nitrogens with zero attached hydrogens (tertiary/aromatic N) is 2. The van der Waals surface area contributed by atoms with Crippen LogP contribution in [0.3, 0.4) is 0 Å². The van der Waals surface area contributed by atoms with Crippen molar-refractivity contribution in [3.8, 4) is 11.3 Å². The smallest absolute Gasteiger partial charge is 0.302 e. The Morgan fingerprint density at radius 1 is 1.14 bits per heavy atom. The molecule has 0 fully saturated rings. The lowest BCUT2D eigenvalue weighted by Crippen LogP contribution is -2.35. The van der Waals surface area contributed by atoms with Gasteiger partial charge in [-0.25, -0.2) is 4.98 Å². The second-order valence-electron chi connectivity index (χ2n) is 8.74. The van der Waals surface area contributed by atoms with E-state index < -0.39 is 10.4 Å². The van der Waals surface area contributed by atoms with Gasteiger partial charge in [0.25, 0.3) is 0 Å². The largest absolute Gasteiger partial charge is 0.348 e. The summed E-state index contributed by atoms with van der Waals surface area (Å²) in [5.74, 6) is -0.156. The molecule has 1 aromatic heterocycles. The first-order valence-corrected chi connectivity index (χ1v) is 14.1. The second-order valence-corrected chi connectivity index (χ2v) is 12.2. The highest BCUT2D eigenvalue weighted by Gasteiger charge is 2.43. The van der Waals surface area contributed by atoms with Gasteiger partial charge in [-0.15, -0.1) is 11.3 Å². The average molecular weight is 539 g/mol. The molecule has 1 amide bonds. The van der Waals surface area contributed by atoms with Gasteiger partial charge in [0.1, 0.15) is 0 Å². The van der Waals surface area contributed by atoms with E-state index in [1.807, 2.05) is 56.3 Å². The quantitative estimate of drug-likeness (QED) is 0.272. The molecule has 0 saturated carbocycles. The zero-order valence-electron chi connectivity index (χ0n) is 19.8. The van der Waals surface area contributed by atoms with Crippen molar-refractivity contribution in [3.63, 3.8) is 0 Å². The molecule has 1 unspecified atom stereocenters. The Balaban J connectivity index is 1.36. The fraction of sp³-hybridized carbons (Fsp3) is 0.185. The third-order valence-electron chi connectivity index (χ3n) is 6.18. The van der Waals surface area contributed by atoms with Crippen LogP contribution in [0.25, 0.3) is 11.3 Å². The van der Waals surface area contributed by atoms with Crippen LogP contribution in [-0.4, -0.2) is 22.0 Å². The molecule has 9 heteroatoms. The highest BCUT2D eigenvalue weighted by atomic mass is 35.5. The summed E-state index contributed by atoms with van der Waals surface area (Å²) >= 11 is 7.44. The summed E-state index contributed by atoms with van der Waals surface area (Å²) in [5.41, 5.74) is 5.10. The Morgan fingerprint density at radius 3 is 2.72 bits per heavy atom. The van der Waals surface area contributed by atoms with Crippen LogP contribution < -0.4 is 9.62 Å². The molecule has 2 heterocycles. The zero-order chi connectivity index (χ0) is 25.4. The molecular weight excluding hydrogens is 514 g/mol. The van der Waals surface area contributed by atoms with Crippen LogP contribution in [0.15, 0.2) is 71.6 Å². The topological polar surface area (TPSA) is 82.5 Å². The number of halogens is 1. The fourth-order valence-electron chi connectivity index (χ4n) is 4.46. The van der Waals surface area contributed by atoms with E-state index in [9.17, 15) is 13.6 Å². The second kappa shape index (κ2) is 9.78. The maximum absolute atomic E-state index is 13.5. The van der Waals surface area contributed by atoms with E-state index in [0.29, 0.717) is 28.0 Å². The summed E-state index contributed by atoms with van der Waals surface area (Å²) < 4.78 is 26.1. The normalized spacial score (nSPS) is 14.4. The van der Waals surface area contributed by atoms with Gasteiger partial charge in [0.15, 0.2) is 5.13 Å². The van der Waals surface area contributed by atoms with Crippen molar-refractivity contribution < 1.29 is 13.6 Å². The SMILES string of the molecule is Cc1ccccc1[S+](=O)(O)N1CCc2cc(-c3nc(NC(=O)Cc4cccc(Cl)c4)sc3C)ccc21. The Morgan fingerprint density at radius 2 is 1.94 bits per heavy atom. The molecular formula is C27H25ClN3O3S2+. The van der Waals surface area contributed by atoms with Gasteiger partial charge in [-0.3, -0.25) is 4.79 Å². The first kappa shape index (κ1) is 24.6. The first-order valence-electron chi connectivity index (χ1n) is 11.5. The maximum atomic E-state index is 13.5. The van der Waals surface area contributed by atoms with Gasteiger partial charge in [0.2, 0.25) is 10.8 Å². The van der Waals surface area contributed by atoms with Crippen molar-refractivity contribution in [2.75, 3.05) is 16.2 Å². The Bertz CT molecular complexity index is 1520. The number of anilines is 2. The van der Waals surface area contributed by atoms with E-state index in [2.05, 4.69) is 10.3 Å². The summed E-state index contributed by atoms with van der Waals surface area (Å²) in [5, 5.41) is 4.02. The molecule has 1 atom stereocenters. The number of carbonyl (C=O) groups is 1. The number of hydrogen-bond donors (Lipinski definition) is 2. The summed E-state index contributed by atoms with van der Waals surface area (Å²) in [6.07, 6.45) is 0.879. The third-order valence-corrected chi connectivity index (χ3v) is 9.31. The van der Waals surface area contributed by atoms with Crippen LogP contribution in [0.5, 0.6) is 0 Å². The van der Waals surface area contributed by atoms with Crippen LogP contribution in [0.4, 0.5) is 10.8 Å². The van der Waals surface area contributed by atoms with Gasteiger partial charge >= 0.3 is 10.4 Å². The molecule has 0 spiro atoms. The Labute approximate surface area is 220 Å². The number of carbonyl (C=O) groups excluding carboxylic acids is 1. The van der Waals surface area contributed by atoms with Gasteiger partial charge in [-0.1, -0.05) is 48.0 Å². The van der Waals surface area contributed by atoms with Gasteiger partial charge < -0.3 is 5.32 Å². The number of rotatable bonds is 6. The van der Waals surface area contributed by atoms with E-state index in [0.717, 1.165) is 38.5 Å². The monoisotopic (exact) mass is 538 g/mol. The minimum Gasteiger partial charge on any atom is -0.302 e. The molecule has 184 valence electrons. The van der Waals surface area contributed by atoms with Gasteiger partial charge in [-0.05, 0) is 65.9 Å². The first-order chi connectivity index (χ1) is 17.2. The van der Waals surface area contributed by atoms with Crippen LogP contribution >= 0.6 is 22.9 Å². The molecule has 5 rings (SSSR count). The Hall–Kier alpha value is -3.04. The number of thiazole rings is 1. The number of fused-ring (bicyclic) bond motifs is 1. The van der Waals surface area contributed by atoms with Crippen LogP contribution in [0, 0.1) is 13.8 Å². The lowest BCUT2D eigenvalue weighted by molar-refractivity contribution is -0.115. The average Bonchev–Trinajstić information content (AvgIpc) is 3.42. The minimum absolute atomic E-state index is 0.156. The van der Waals surface area contributed by atoms with Gasteiger partial charge in [0, 0.05) is 21.0 Å². The summed E-state index contributed by atoms with van der Waals surface area (Å²) in [6.45, 7) is 4.28. The molecule has 1 aliphatic heterocycles. The van der Waals surface area contributed by atoms with E-state index in [1.54, 1.807) is 28.6 Å². The van der Waals surface area contributed by atoms with E-state index in [-0.39, 0.29) is 12.3 Å².